The summed E-state index contributed by atoms with van der Waals surface area (Å²) in [4.78, 5) is 1.14. The molecule has 0 saturated heterocycles. The van der Waals surface area contributed by atoms with Crippen molar-refractivity contribution in [3.8, 4) is 5.75 Å². The Morgan fingerprint density at radius 2 is 1.88 bits per heavy atom. The highest BCUT2D eigenvalue weighted by atomic mass is 127. The zero-order chi connectivity index (χ0) is 11.7. The third kappa shape index (κ3) is 2.52. The van der Waals surface area contributed by atoms with E-state index in [9.17, 15) is 5.11 Å². The lowest BCUT2D eigenvalue weighted by Crippen LogP contribution is -2.10. The molecule has 1 aromatic heterocycles. The number of nitrogens with two attached hydrogens (primary N) is 1. The van der Waals surface area contributed by atoms with E-state index in [-0.39, 0.29) is 6.04 Å². The molecule has 5 heteroatoms. The van der Waals surface area contributed by atoms with Gasteiger partial charge in [-0.15, -0.1) is 11.3 Å². The van der Waals surface area contributed by atoms with E-state index < -0.39 is 0 Å². The number of phenolic OH excluding ortho intramolecular Hbond substituents is 1. The Labute approximate surface area is 125 Å². The van der Waals surface area contributed by atoms with Crippen LogP contribution in [0.1, 0.15) is 16.5 Å². The van der Waals surface area contributed by atoms with Crippen LogP contribution in [0, 0.1) is 7.14 Å². The number of hydrogen-bond acceptors (Lipinski definition) is 3. The molecule has 0 aliphatic rings. The molecule has 2 aromatic rings. The van der Waals surface area contributed by atoms with Gasteiger partial charge in [0.25, 0.3) is 0 Å². The first-order chi connectivity index (χ1) is 7.59. The van der Waals surface area contributed by atoms with Crippen molar-refractivity contribution < 1.29 is 5.11 Å². The van der Waals surface area contributed by atoms with Crippen LogP contribution < -0.4 is 5.73 Å². The van der Waals surface area contributed by atoms with E-state index in [4.69, 9.17) is 5.73 Å². The van der Waals surface area contributed by atoms with Gasteiger partial charge in [0.05, 0.1) is 13.2 Å². The minimum atomic E-state index is -0.109. The third-order valence-corrected chi connectivity index (χ3v) is 4.85. The summed E-state index contributed by atoms with van der Waals surface area (Å²) < 4.78 is 1.68. The summed E-state index contributed by atoms with van der Waals surface area (Å²) in [5.74, 6) is 0.336. The average molecular weight is 457 g/mol. The monoisotopic (exact) mass is 457 g/mol. The minimum absolute atomic E-state index is 0.109. The summed E-state index contributed by atoms with van der Waals surface area (Å²) in [6.45, 7) is 0. The quantitative estimate of drug-likeness (QED) is 0.676. The van der Waals surface area contributed by atoms with Crippen molar-refractivity contribution >= 4 is 56.5 Å². The summed E-state index contributed by atoms with van der Waals surface area (Å²) in [6.07, 6.45) is 0. The van der Waals surface area contributed by atoms with Crippen LogP contribution in [0.2, 0.25) is 0 Å². The zero-order valence-corrected chi connectivity index (χ0v) is 13.3. The molecule has 1 heterocycles. The van der Waals surface area contributed by atoms with Gasteiger partial charge in [-0.25, -0.2) is 0 Å². The maximum atomic E-state index is 9.69. The smallest absolute Gasteiger partial charge is 0.142 e. The van der Waals surface area contributed by atoms with Gasteiger partial charge in [0.15, 0.2) is 0 Å². The molecule has 3 N–H and O–H groups in total. The van der Waals surface area contributed by atoms with Crippen LogP contribution in [-0.2, 0) is 0 Å². The summed E-state index contributed by atoms with van der Waals surface area (Å²) >= 11 is 5.89. The molecule has 0 fully saturated rings. The molecule has 0 bridgehead atoms. The number of thiophene rings is 1. The first-order valence-corrected chi connectivity index (χ1v) is 7.60. The molecule has 0 aliphatic heterocycles. The molecular weight excluding hydrogens is 448 g/mol. The van der Waals surface area contributed by atoms with Crippen LogP contribution in [0.5, 0.6) is 5.75 Å². The van der Waals surface area contributed by atoms with Gasteiger partial charge in [0.1, 0.15) is 5.75 Å². The van der Waals surface area contributed by atoms with Gasteiger partial charge in [-0.2, -0.15) is 0 Å². The maximum Gasteiger partial charge on any atom is 0.142 e. The fraction of sp³-hybridized carbons (Fsp3) is 0.0909. The third-order valence-electron chi connectivity index (χ3n) is 2.25. The van der Waals surface area contributed by atoms with Crippen molar-refractivity contribution in [1.29, 1.82) is 0 Å². The maximum absolute atomic E-state index is 9.69. The van der Waals surface area contributed by atoms with E-state index in [0.717, 1.165) is 17.6 Å². The Balaban J connectivity index is 2.42. The lowest BCUT2D eigenvalue weighted by Gasteiger charge is -2.12. The average Bonchev–Trinajstić information content (AvgIpc) is 2.77. The Morgan fingerprint density at radius 3 is 2.38 bits per heavy atom. The van der Waals surface area contributed by atoms with Gasteiger partial charge >= 0.3 is 0 Å². The summed E-state index contributed by atoms with van der Waals surface area (Å²) in [5, 5.41) is 11.7. The summed E-state index contributed by atoms with van der Waals surface area (Å²) in [5.41, 5.74) is 7.21. The Hall–Kier alpha value is 0.140. The number of benzene rings is 1. The van der Waals surface area contributed by atoms with E-state index in [1.807, 2.05) is 29.6 Å². The molecule has 0 saturated carbocycles. The number of aromatic hydroxyl groups is 1. The zero-order valence-electron chi connectivity index (χ0n) is 8.15. The Morgan fingerprint density at radius 1 is 1.25 bits per heavy atom. The standard InChI is InChI=1S/C11H9I2NOS/c12-7-4-6(5-8(13)11(7)15)10(14)9-2-1-3-16-9/h1-5,10,15H,14H2/t10-/m1/s1. The van der Waals surface area contributed by atoms with Crippen molar-refractivity contribution in [2.75, 3.05) is 0 Å². The normalized spacial score (nSPS) is 12.7. The molecule has 0 aliphatic carbocycles. The van der Waals surface area contributed by atoms with Crippen molar-refractivity contribution in [3.63, 3.8) is 0 Å². The number of phenols is 1. The van der Waals surface area contributed by atoms with Gasteiger partial charge in [0, 0.05) is 4.88 Å². The molecule has 0 radical (unpaired) electrons. The Kier molecular flexibility index (Phi) is 4.09. The predicted octanol–water partition coefficient (Wildman–Crippen LogP) is 3.71. The molecule has 0 amide bonds. The van der Waals surface area contributed by atoms with Crippen LogP contribution in [0.3, 0.4) is 0 Å². The van der Waals surface area contributed by atoms with Crippen molar-refractivity contribution in [2.45, 2.75) is 6.04 Å². The molecule has 2 nitrogen and oxygen atoms in total. The highest BCUT2D eigenvalue weighted by Gasteiger charge is 2.13. The molecule has 0 spiro atoms. The van der Waals surface area contributed by atoms with E-state index in [2.05, 4.69) is 45.2 Å². The first-order valence-electron chi connectivity index (χ1n) is 4.56. The van der Waals surface area contributed by atoms with Crippen LogP contribution in [0.15, 0.2) is 29.6 Å². The second kappa shape index (κ2) is 5.19. The molecular formula is C11H9I2NOS. The van der Waals surface area contributed by atoms with Crippen LogP contribution in [0.25, 0.3) is 0 Å². The fourth-order valence-electron chi connectivity index (χ4n) is 1.40. The number of hydrogen-bond donors (Lipinski definition) is 2. The lowest BCUT2D eigenvalue weighted by molar-refractivity contribution is 0.467. The van der Waals surface area contributed by atoms with Crippen LogP contribution in [0.4, 0.5) is 0 Å². The van der Waals surface area contributed by atoms with E-state index in [0.29, 0.717) is 5.75 Å². The van der Waals surface area contributed by atoms with Crippen molar-refractivity contribution in [2.24, 2.45) is 5.73 Å². The van der Waals surface area contributed by atoms with Gasteiger partial charge in [0.2, 0.25) is 0 Å². The van der Waals surface area contributed by atoms with Crippen molar-refractivity contribution in [3.05, 3.63) is 47.2 Å². The van der Waals surface area contributed by atoms with Gasteiger partial charge in [-0.3, -0.25) is 0 Å². The topological polar surface area (TPSA) is 46.2 Å². The van der Waals surface area contributed by atoms with Gasteiger partial charge in [-0.05, 0) is 74.3 Å². The van der Waals surface area contributed by atoms with Gasteiger partial charge < -0.3 is 10.8 Å². The number of rotatable bonds is 2. The largest absolute Gasteiger partial charge is 0.506 e. The van der Waals surface area contributed by atoms with E-state index in [1.165, 1.54) is 0 Å². The van der Waals surface area contributed by atoms with Gasteiger partial charge in [-0.1, -0.05) is 6.07 Å². The molecule has 84 valence electrons. The first kappa shape index (κ1) is 12.6. The van der Waals surface area contributed by atoms with E-state index in [1.54, 1.807) is 11.3 Å². The second-order valence-electron chi connectivity index (χ2n) is 3.33. The van der Waals surface area contributed by atoms with Crippen LogP contribution >= 0.6 is 56.5 Å². The SMILES string of the molecule is N[C@H](c1cc(I)c(O)c(I)c1)c1cccs1. The Bertz CT molecular complexity index is 476. The highest BCUT2D eigenvalue weighted by molar-refractivity contribution is 14.1. The molecule has 0 unspecified atom stereocenters. The fourth-order valence-corrected chi connectivity index (χ4v) is 3.97. The lowest BCUT2D eigenvalue weighted by atomic mass is 10.1. The molecule has 2 rings (SSSR count). The summed E-state index contributed by atoms with van der Waals surface area (Å²) in [6, 6.07) is 7.78. The molecule has 1 aromatic carbocycles. The second-order valence-corrected chi connectivity index (χ2v) is 6.63. The summed E-state index contributed by atoms with van der Waals surface area (Å²) in [7, 11) is 0. The number of halogens is 2. The van der Waals surface area contributed by atoms with E-state index >= 15 is 0 Å². The molecule has 1 atom stereocenters. The highest BCUT2D eigenvalue weighted by Crippen LogP contribution is 2.32. The minimum Gasteiger partial charge on any atom is -0.506 e. The molecule has 16 heavy (non-hydrogen) atoms. The predicted molar refractivity (Wildman–Crippen MR) is 83.9 cm³/mol. The van der Waals surface area contributed by atoms with Crippen LogP contribution in [-0.4, -0.2) is 5.11 Å². The van der Waals surface area contributed by atoms with Crippen molar-refractivity contribution in [1.82, 2.24) is 0 Å².